The molecule has 4 heteroatoms. The lowest BCUT2D eigenvalue weighted by atomic mass is 9.87. The van der Waals surface area contributed by atoms with Crippen LogP contribution in [0.3, 0.4) is 0 Å². The van der Waals surface area contributed by atoms with E-state index in [1.807, 2.05) is 31.2 Å². The molecule has 0 aliphatic heterocycles. The lowest BCUT2D eigenvalue weighted by Crippen LogP contribution is -2.32. The van der Waals surface area contributed by atoms with Crippen molar-refractivity contribution in [2.45, 2.75) is 45.6 Å². The molecule has 2 rings (SSSR count). The molecule has 128 valence electrons. The number of ether oxygens (including phenoxy) is 1. The summed E-state index contributed by atoms with van der Waals surface area (Å²) in [5.74, 6) is 0.413. The number of amides is 1. The largest absolute Gasteiger partial charge is 0.506 e. The highest BCUT2D eigenvalue weighted by Gasteiger charge is 2.20. The molecule has 0 aliphatic carbocycles. The van der Waals surface area contributed by atoms with E-state index in [4.69, 9.17) is 4.74 Å². The summed E-state index contributed by atoms with van der Waals surface area (Å²) in [5, 5.41) is 12.5. The van der Waals surface area contributed by atoms with E-state index in [0.717, 1.165) is 0 Å². The molecule has 0 spiro atoms. The first kappa shape index (κ1) is 17.9. The zero-order valence-corrected chi connectivity index (χ0v) is 14.7. The molecule has 0 aliphatic rings. The first-order chi connectivity index (χ1) is 11.3. The fourth-order valence-corrected chi connectivity index (χ4v) is 2.31. The lowest BCUT2D eigenvalue weighted by Gasteiger charge is -2.21. The van der Waals surface area contributed by atoms with E-state index in [1.54, 1.807) is 18.2 Å². The van der Waals surface area contributed by atoms with Gasteiger partial charge in [0.25, 0.3) is 5.91 Å². The van der Waals surface area contributed by atoms with Crippen LogP contribution < -0.4 is 10.1 Å². The topological polar surface area (TPSA) is 58.6 Å². The number of hydrogen-bond acceptors (Lipinski definition) is 3. The molecule has 1 unspecified atom stereocenters. The van der Waals surface area contributed by atoms with Crippen LogP contribution in [0.4, 0.5) is 5.69 Å². The second-order valence-electron chi connectivity index (χ2n) is 6.80. The molecule has 1 atom stereocenters. The normalized spacial score (nSPS) is 12.5. The number of carbonyl (C=O) groups is 1. The second-order valence-corrected chi connectivity index (χ2v) is 6.80. The Kier molecular flexibility index (Phi) is 5.50. The summed E-state index contributed by atoms with van der Waals surface area (Å²) in [7, 11) is 0. The highest BCUT2D eigenvalue weighted by molar-refractivity contribution is 5.95. The number of phenolic OH excluding ortho intramolecular Hbond substituents is 1. The molecule has 0 aromatic heterocycles. The van der Waals surface area contributed by atoms with Gasteiger partial charge in [0.1, 0.15) is 11.5 Å². The fourth-order valence-electron chi connectivity index (χ4n) is 2.31. The van der Waals surface area contributed by atoms with Crippen LogP contribution in [0.5, 0.6) is 11.5 Å². The van der Waals surface area contributed by atoms with Gasteiger partial charge < -0.3 is 15.2 Å². The Balaban J connectivity index is 2.06. The van der Waals surface area contributed by atoms with Crippen molar-refractivity contribution in [3.8, 4) is 11.5 Å². The minimum Gasteiger partial charge on any atom is -0.506 e. The molecule has 0 bridgehead atoms. The van der Waals surface area contributed by atoms with Crippen LogP contribution in [0.15, 0.2) is 48.5 Å². The first-order valence-electron chi connectivity index (χ1n) is 8.17. The molecular formula is C20H25NO3. The van der Waals surface area contributed by atoms with Crippen LogP contribution in [0.25, 0.3) is 0 Å². The van der Waals surface area contributed by atoms with Gasteiger partial charge in [0.15, 0.2) is 6.10 Å². The third kappa shape index (κ3) is 4.51. The van der Waals surface area contributed by atoms with Crippen LogP contribution in [-0.4, -0.2) is 17.1 Å². The molecule has 2 aromatic carbocycles. The molecule has 0 saturated carbocycles. The van der Waals surface area contributed by atoms with Gasteiger partial charge in [-0.05, 0) is 41.7 Å². The van der Waals surface area contributed by atoms with E-state index < -0.39 is 6.10 Å². The predicted molar refractivity (Wildman–Crippen MR) is 96.6 cm³/mol. The molecule has 1 amide bonds. The van der Waals surface area contributed by atoms with Crippen molar-refractivity contribution in [3.63, 3.8) is 0 Å². The van der Waals surface area contributed by atoms with Crippen LogP contribution in [0, 0.1) is 0 Å². The number of anilines is 1. The van der Waals surface area contributed by atoms with Crippen LogP contribution in [-0.2, 0) is 10.2 Å². The molecule has 0 heterocycles. The smallest absolute Gasteiger partial charge is 0.265 e. The number of hydrogen-bond donors (Lipinski definition) is 2. The third-order valence-corrected chi connectivity index (χ3v) is 3.82. The number of rotatable bonds is 5. The molecule has 0 fully saturated rings. The van der Waals surface area contributed by atoms with Gasteiger partial charge in [-0.15, -0.1) is 0 Å². The molecule has 2 N–H and O–H groups in total. The van der Waals surface area contributed by atoms with Crippen molar-refractivity contribution in [3.05, 3.63) is 54.1 Å². The van der Waals surface area contributed by atoms with Gasteiger partial charge in [0.2, 0.25) is 0 Å². The zero-order valence-electron chi connectivity index (χ0n) is 14.7. The van der Waals surface area contributed by atoms with Crippen molar-refractivity contribution in [2.24, 2.45) is 0 Å². The molecule has 0 radical (unpaired) electrons. The minimum absolute atomic E-state index is 0.0373. The standard InChI is InChI=1S/C20H25NO3/c1-5-18(19(23)21-16-8-6-7-9-17(16)22)24-15-12-10-14(11-13-15)20(2,3)4/h6-13,18,22H,5H2,1-4H3,(H,21,23). The Morgan fingerprint density at radius 2 is 1.75 bits per heavy atom. The molecule has 2 aromatic rings. The summed E-state index contributed by atoms with van der Waals surface area (Å²) >= 11 is 0. The van der Waals surface area contributed by atoms with Crippen LogP contribution >= 0.6 is 0 Å². The van der Waals surface area contributed by atoms with Gasteiger partial charge in [-0.1, -0.05) is 52.0 Å². The number of nitrogens with one attached hydrogen (secondary N) is 1. The SMILES string of the molecule is CCC(Oc1ccc(C(C)(C)C)cc1)C(=O)Nc1ccccc1O. The van der Waals surface area contributed by atoms with E-state index in [9.17, 15) is 9.90 Å². The minimum atomic E-state index is -0.620. The molecule has 24 heavy (non-hydrogen) atoms. The second kappa shape index (κ2) is 7.39. The quantitative estimate of drug-likeness (QED) is 0.796. The fraction of sp³-hybridized carbons (Fsp3) is 0.350. The maximum absolute atomic E-state index is 12.4. The summed E-state index contributed by atoms with van der Waals surface area (Å²) in [6, 6.07) is 14.4. The summed E-state index contributed by atoms with van der Waals surface area (Å²) < 4.78 is 5.81. The Morgan fingerprint density at radius 1 is 1.12 bits per heavy atom. The van der Waals surface area contributed by atoms with Crippen LogP contribution in [0.1, 0.15) is 39.7 Å². The summed E-state index contributed by atoms with van der Waals surface area (Å²) in [5.41, 5.74) is 1.67. The van der Waals surface area contributed by atoms with E-state index in [1.165, 1.54) is 11.6 Å². The summed E-state index contributed by atoms with van der Waals surface area (Å²) in [4.78, 5) is 12.4. The average Bonchev–Trinajstić information content (AvgIpc) is 2.54. The van der Waals surface area contributed by atoms with Crippen molar-refractivity contribution < 1.29 is 14.6 Å². The van der Waals surface area contributed by atoms with E-state index in [0.29, 0.717) is 17.9 Å². The zero-order chi connectivity index (χ0) is 17.7. The predicted octanol–water partition coefficient (Wildman–Crippen LogP) is 4.49. The van der Waals surface area contributed by atoms with Crippen molar-refractivity contribution in [1.29, 1.82) is 0 Å². The summed E-state index contributed by atoms with van der Waals surface area (Å²) in [6.45, 7) is 8.34. The molecular weight excluding hydrogens is 302 g/mol. The summed E-state index contributed by atoms with van der Waals surface area (Å²) in [6.07, 6.45) is -0.0921. The molecule has 4 nitrogen and oxygen atoms in total. The number of phenols is 1. The first-order valence-corrected chi connectivity index (χ1v) is 8.17. The van der Waals surface area contributed by atoms with Gasteiger partial charge in [-0.2, -0.15) is 0 Å². The Bertz CT molecular complexity index is 687. The maximum Gasteiger partial charge on any atom is 0.265 e. The Hall–Kier alpha value is -2.49. The number of carbonyl (C=O) groups excluding carboxylic acids is 1. The Labute approximate surface area is 143 Å². The van der Waals surface area contributed by atoms with Gasteiger partial charge >= 0.3 is 0 Å². The number of para-hydroxylation sites is 2. The Morgan fingerprint density at radius 3 is 2.29 bits per heavy atom. The van der Waals surface area contributed by atoms with Crippen LogP contribution in [0.2, 0.25) is 0 Å². The van der Waals surface area contributed by atoms with Gasteiger partial charge in [-0.3, -0.25) is 4.79 Å². The van der Waals surface area contributed by atoms with Gasteiger partial charge in [0.05, 0.1) is 5.69 Å². The van der Waals surface area contributed by atoms with E-state index >= 15 is 0 Å². The van der Waals surface area contributed by atoms with Crippen molar-refractivity contribution in [2.75, 3.05) is 5.32 Å². The van der Waals surface area contributed by atoms with Crippen molar-refractivity contribution in [1.82, 2.24) is 0 Å². The monoisotopic (exact) mass is 327 g/mol. The maximum atomic E-state index is 12.4. The molecule has 0 saturated heterocycles. The average molecular weight is 327 g/mol. The van der Waals surface area contributed by atoms with Gasteiger partial charge in [0, 0.05) is 0 Å². The van der Waals surface area contributed by atoms with E-state index in [2.05, 4.69) is 26.1 Å². The van der Waals surface area contributed by atoms with Crippen molar-refractivity contribution >= 4 is 11.6 Å². The number of benzene rings is 2. The highest BCUT2D eigenvalue weighted by Crippen LogP contribution is 2.26. The highest BCUT2D eigenvalue weighted by atomic mass is 16.5. The van der Waals surface area contributed by atoms with E-state index in [-0.39, 0.29) is 17.1 Å². The third-order valence-electron chi connectivity index (χ3n) is 3.82. The number of aromatic hydroxyl groups is 1. The van der Waals surface area contributed by atoms with Gasteiger partial charge in [-0.25, -0.2) is 0 Å². The lowest BCUT2D eigenvalue weighted by molar-refractivity contribution is -0.122.